The summed E-state index contributed by atoms with van der Waals surface area (Å²) < 4.78 is 28.7. The second kappa shape index (κ2) is 6.83. The molecule has 6 rings (SSSR count). The monoisotopic (exact) mass is 471 g/mol. The van der Waals surface area contributed by atoms with Crippen LogP contribution in [0.1, 0.15) is 40.3 Å². The van der Waals surface area contributed by atoms with E-state index >= 15 is 0 Å². The number of amides is 1. The van der Waals surface area contributed by atoms with E-state index in [-0.39, 0.29) is 28.2 Å². The Morgan fingerprint density at radius 3 is 2.82 bits per heavy atom. The van der Waals surface area contributed by atoms with Crippen molar-refractivity contribution in [3.8, 4) is 16.3 Å². The fraction of sp³-hybridized carbons (Fsp3) is 0.364. The van der Waals surface area contributed by atoms with E-state index in [9.17, 15) is 23.5 Å². The van der Waals surface area contributed by atoms with E-state index in [2.05, 4.69) is 15.5 Å². The zero-order valence-electron chi connectivity index (χ0n) is 17.5. The van der Waals surface area contributed by atoms with E-state index in [1.807, 2.05) is 12.1 Å². The maximum absolute atomic E-state index is 14.0. The zero-order chi connectivity index (χ0) is 23.1. The standard InChI is InChI=1S/C22H19F2N5O3S/c1-28-22(5-4-10-6-14(10)22)25-20(32)17-19(31)18(30)13(9-29(17)28)21-27-26-16(33-21)7-11-2-3-12(23)8-15(11)24/h2-3,8-10,14,31H,4-7H2,1H3,(H,25,32)/t10?,14-,22?/m1/s1. The smallest absolute Gasteiger partial charge is 0.275 e. The Labute approximate surface area is 190 Å². The summed E-state index contributed by atoms with van der Waals surface area (Å²) in [5, 5.41) is 24.3. The van der Waals surface area contributed by atoms with Crippen molar-refractivity contribution in [2.75, 3.05) is 12.1 Å². The number of pyridine rings is 1. The van der Waals surface area contributed by atoms with Gasteiger partial charge in [0, 0.05) is 31.6 Å². The summed E-state index contributed by atoms with van der Waals surface area (Å²) in [5.74, 6) is -1.57. The highest BCUT2D eigenvalue weighted by Gasteiger charge is 2.62. The molecular formula is C22H19F2N5O3S. The zero-order valence-corrected chi connectivity index (χ0v) is 18.3. The lowest BCUT2D eigenvalue weighted by Crippen LogP contribution is -2.68. The molecule has 2 saturated carbocycles. The summed E-state index contributed by atoms with van der Waals surface area (Å²) in [5.41, 5.74) is -1.03. The molecule has 0 saturated heterocycles. The summed E-state index contributed by atoms with van der Waals surface area (Å²) in [6, 6.07) is 3.30. The van der Waals surface area contributed by atoms with Crippen LogP contribution >= 0.6 is 11.3 Å². The quantitative estimate of drug-likeness (QED) is 0.609. The molecule has 3 heterocycles. The molecule has 3 atom stereocenters. The predicted octanol–water partition coefficient (Wildman–Crippen LogP) is 2.38. The van der Waals surface area contributed by atoms with E-state index in [0.717, 1.165) is 36.7 Å². The van der Waals surface area contributed by atoms with Gasteiger partial charge in [0.05, 0.1) is 5.56 Å². The van der Waals surface area contributed by atoms with Crippen molar-refractivity contribution in [3.63, 3.8) is 0 Å². The average Bonchev–Trinajstić information content (AvgIpc) is 3.29. The number of carbonyl (C=O) groups excluding carboxylic acids is 1. The Hall–Kier alpha value is -3.34. The molecule has 3 aromatic rings. The van der Waals surface area contributed by atoms with Crippen LogP contribution in [0.3, 0.4) is 0 Å². The van der Waals surface area contributed by atoms with Crippen molar-refractivity contribution < 1.29 is 18.7 Å². The molecule has 1 spiro atoms. The lowest BCUT2D eigenvalue weighted by Gasteiger charge is -2.47. The van der Waals surface area contributed by atoms with E-state index in [1.54, 1.807) is 0 Å². The van der Waals surface area contributed by atoms with Gasteiger partial charge in [0.2, 0.25) is 5.43 Å². The van der Waals surface area contributed by atoms with Gasteiger partial charge in [-0.2, -0.15) is 0 Å². The van der Waals surface area contributed by atoms with Crippen LogP contribution in [-0.4, -0.2) is 38.6 Å². The Bertz CT molecular complexity index is 1390. The molecule has 33 heavy (non-hydrogen) atoms. The number of carbonyl (C=O) groups is 1. The predicted molar refractivity (Wildman–Crippen MR) is 116 cm³/mol. The number of aromatic hydroxyl groups is 1. The summed E-state index contributed by atoms with van der Waals surface area (Å²) in [6.07, 6.45) is 4.44. The Morgan fingerprint density at radius 1 is 1.30 bits per heavy atom. The fourth-order valence-electron chi connectivity index (χ4n) is 5.28. The first-order valence-corrected chi connectivity index (χ1v) is 11.4. The van der Waals surface area contributed by atoms with E-state index < -0.39 is 34.4 Å². The largest absolute Gasteiger partial charge is 0.502 e. The van der Waals surface area contributed by atoms with Crippen molar-refractivity contribution in [1.29, 1.82) is 0 Å². The molecule has 2 aliphatic carbocycles. The number of aromatic nitrogens is 3. The van der Waals surface area contributed by atoms with Gasteiger partial charge in [-0.1, -0.05) is 17.4 Å². The lowest BCUT2D eigenvalue weighted by molar-refractivity contribution is 0.0804. The summed E-state index contributed by atoms with van der Waals surface area (Å²) >= 11 is 1.08. The number of hydrogen-bond donors (Lipinski definition) is 2. The van der Waals surface area contributed by atoms with Crippen LogP contribution in [0.2, 0.25) is 0 Å². The van der Waals surface area contributed by atoms with Crippen molar-refractivity contribution in [1.82, 2.24) is 20.2 Å². The molecule has 2 unspecified atom stereocenters. The maximum atomic E-state index is 14.0. The highest BCUT2D eigenvalue weighted by Crippen LogP contribution is 2.58. The summed E-state index contributed by atoms with van der Waals surface area (Å²) in [4.78, 5) is 25.8. The fourth-order valence-corrected chi connectivity index (χ4v) is 6.15. The first kappa shape index (κ1) is 20.3. The molecule has 0 bridgehead atoms. The molecule has 1 aliphatic heterocycles. The number of rotatable bonds is 3. The number of fused-ring (bicyclic) bond motifs is 3. The minimum Gasteiger partial charge on any atom is -0.502 e. The third kappa shape index (κ3) is 2.91. The van der Waals surface area contributed by atoms with Crippen LogP contribution in [0.15, 0.2) is 29.2 Å². The molecule has 11 heteroatoms. The number of nitrogens with one attached hydrogen (secondary N) is 1. The van der Waals surface area contributed by atoms with Crippen LogP contribution in [-0.2, 0) is 6.42 Å². The van der Waals surface area contributed by atoms with Gasteiger partial charge in [-0.3, -0.25) is 19.3 Å². The molecule has 2 aromatic heterocycles. The first-order valence-electron chi connectivity index (χ1n) is 10.6. The molecule has 170 valence electrons. The van der Waals surface area contributed by atoms with Gasteiger partial charge in [-0.05, 0) is 36.8 Å². The van der Waals surface area contributed by atoms with Crippen molar-refractivity contribution >= 4 is 17.2 Å². The Balaban J connectivity index is 1.39. The molecule has 2 fully saturated rings. The van der Waals surface area contributed by atoms with Crippen LogP contribution in [0.4, 0.5) is 8.78 Å². The van der Waals surface area contributed by atoms with Crippen LogP contribution in [0.25, 0.3) is 10.6 Å². The van der Waals surface area contributed by atoms with E-state index in [0.29, 0.717) is 16.8 Å². The molecule has 2 N–H and O–H groups in total. The van der Waals surface area contributed by atoms with Gasteiger partial charge < -0.3 is 10.4 Å². The number of nitrogens with zero attached hydrogens (tertiary/aromatic N) is 4. The van der Waals surface area contributed by atoms with Crippen LogP contribution in [0.5, 0.6) is 5.75 Å². The molecule has 0 radical (unpaired) electrons. The highest BCUT2D eigenvalue weighted by atomic mass is 32.1. The van der Waals surface area contributed by atoms with Crippen molar-refractivity contribution in [2.24, 2.45) is 11.8 Å². The van der Waals surface area contributed by atoms with Gasteiger partial charge >= 0.3 is 0 Å². The van der Waals surface area contributed by atoms with Gasteiger partial charge in [0.1, 0.15) is 22.3 Å². The lowest BCUT2D eigenvalue weighted by atomic mass is 10.0. The van der Waals surface area contributed by atoms with E-state index in [1.165, 1.54) is 23.0 Å². The van der Waals surface area contributed by atoms with E-state index in [4.69, 9.17) is 0 Å². The summed E-state index contributed by atoms with van der Waals surface area (Å²) in [7, 11) is 1.83. The molecule has 1 aromatic carbocycles. The number of hydrogen-bond acceptors (Lipinski definition) is 7. The Kier molecular flexibility index (Phi) is 4.20. The number of halogens is 2. The van der Waals surface area contributed by atoms with Crippen molar-refractivity contribution in [2.45, 2.75) is 31.3 Å². The van der Waals surface area contributed by atoms with Gasteiger partial charge in [-0.25, -0.2) is 8.78 Å². The molecular weight excluding hydrogens is 452 g/mol. The number of benzene rings is 1. The van der Waals surface area contributed by atoms with Gasteiger partial charge in [0.25, 0.3) is 5.91 Å². The first-order chi connectivity index (χ1) is 15.8. The van der Waals surface area contributed by atoms with Crippen molar-refractivity contribution in [3.05, 3.63) is 62.5 Å². The molecule has 3 aliphatic rings. The Morgan fingerprint density at radius 2 is 2.12 bits per heavy atom. The molecule has 8 nitrogen and oxygen atoms in total. The van der Waals surface area contributed by atoms with Gasteiger partial charge in [-0.15, -0.1) is 10.2 Å². The highest BCUT2D eigenvalue weighted by molar-refractivity contribution is 7.14. The van der Waals surface area contributed by atoms with Gasteiger partial charge in [0.15, 0.2) is 16.5 Å². The second-order valence-corrected chi connectivity index (χ2v) is 9.93. The van der Waals surface area contributed by atoms with Crippen LogP contribution in [0, 0.1) is 23.5 Å². The third-order valence-electron chi connectivity index (χ3n) is 7.10. The molecule has 1 amide bonds. The topological polar surface area (TPSA) is 100 Å². The minimum atomic E-state index is -0.730. The SMILES string of the molecule is CN1n2cc(-c3nnc(Cc4ccc(F)cc4F)s3)c(=O)c(O)c2C(=O)NC12CCC1C[C@H]12. The third-order valence-corrected chi connectivity index (χ3v) is 8.05. The normalized spacial score (nSPS) is 25.2. The second-order valence-electron chi connectivity index (χ2n) is 8.87. The minimum absolute atomic E-state index is 0.0799. The maximum Gasteiger partial charge on any atom is 0.275 e. The summed E-state index contributed by atoms with van der Waals surface area (Å²) in [6.45, 7) is 0. The van der Waals surface area contributed by atoms with Crippen LogP contribution < -0.4 is 15.8 Å². The average molecular weight is 471 g/mol.